The SMILES string of the molecule is C=CCN(CCO)CCC(N)CC(C)(C)C. The molecule has 0 radical (unpaired) electrons. The van der Waals surface area contributed by atoms with Crippen LogP contribution in [0.15, 0.2) is 12.7 Å². The van der Waals surface area contributed by atoms with E-state index in [2.05, 4.69) is 32.3 Å². The summed E-state index contributed by atoms with van der Waals surface area (Å²) in [4.78, 5) is 2.18. The Balaban J connectivity index is 3.85. The molecule has 0 aromatic rings. The molecule has 0 heterocycles. The highest BCUT2D eigenvalue weighted by Crippen LogP contribution is 2.21. The molecule has 0 rings (SSSR count). The molecule has 0 aliphatic carbocycles. The highest BCUT2D eigenvalue weighted by atomic mass is 16.3. The maximum Gasteiger partial charge on any atom is 0.0558 e. The third kappa shape index (κ3) is 8.89. The summed E-state index contributed by atoms with van der Waals surface area (Å²) < 4.78 is 0. The van der Waals surface area contributed by atoms with Gasteiger partial charge in [0.15, 0.2) is 0 Å². The van der Waals surface area contributed by atoms with Crippen molar-refractivity contribution < 1.29 is 5.11 Å². The molecule has 0 saturated heterocycles. The Morgan fingerprint density at radius 2 is 2.00 bits per heavy atom. The summed E-state index contributed by atoms with van der Waals surface area (Å²) >= 11 is 0. The van der Waals surface area contributed by atoms with Gasteiger partial charge in [0.05, 0.1) is 6.61 Å². The molecule has 0 spiro atoms. The van der Waals surface area contributed by atoms with E-state index in [1.165, 1.54) is 0 Å². The highest BCUT2D eigenvalue weighted by molar-refractivity contribution is 4.76. The van der Waals surface area contributed by atoms with Crippen molar-refractivity contribution in [2.24, 2.45) is 11.1 Å². The lowest BCUT2D eigenvalue weighted by atomic mass is 9.87. The van der Waals surface area contributed by atoms with Crippen LogP contribution in [-0.2, 0) is 0 Å². The molecular weight excluding hydrogens is 200 g/mol. The molecule has 0 aromatic heterocycles. The van der Waals surface area contributed by atoms with Gasteiger partial charge in [-0.25, -0.2) is 0 Å². The van der Waals surface area contributed by atoms with Gasteiger partial charge in [-0.05, 0) is 18.3 Å². The highest BCUT2D eigenvalue weighted by Gasteiger charge is 2.16. The van der Waals surface area contributed by atoms with Crippen molar-refractivity contribution in [1.82, 2.24) is 4.90 Å². The van der Waals surface area contributed by atoms with Crippen LogP contribution in [0.5, 0.6) is 0 Å². The maximum atomic E-state index is 8.91. The van der Waals surface area contributed by atoms with Gasteiger partial charge in [-0.2, -0.15) is 0 Å². The third-order valence-electron chi connectivity index (χ3n) is 2.49. The molecular formula is C13H28N2O. The van der Waals surface area contributed by atoms with Crippen molar-refractivity contribution in [1.29, 1.82) is 0 Å². The average molecular weight is 228 g/mol. The first kappa shape index (κ1) is 15.6. The first-order chi connectivity index (χ1) is 7.39. The molecule has 1 unspecified atom stereocenters. The molecule has 0 bridgehead atoms. The lowest BCUT2D eigenvalue weighted by molar-refractivity contribution is 0.199. The van der Waals surface area contributed by atoms with Gasteiger partial charge in [-0.15, -0.1) is 6.58 Å². The number of nitrogens with zero attached hydrogens (tertiary/aromatic N) is 1. The van der Waals surface area contributed by atoms with E-state index < -0.39 is 0 Å². The van der Waals surface area contributed by atoms with Crippen molar-refractivity contribution in [3.63, 3.8) is 0 Å². The van der Waals surface area contributed by atoms with Gasteiger partial charge in [-0.3, -0.25) is 4.90 Å². The number of hydrogen-bond acceptors (Lipinski definition) is 3. The number of nitrogens with two attached hydrogens (primary N) is 1. The van der Waals surface area contributed by atoms with Crippen molar-refractivity contribution >= 4 is 0 Å². The van der Waals surface area contributed by atoms with Gasteiger partial charge < -0.3 is 10.8 Å². The van der Waals surface area contributed by atoms with Gasteiger partial charge in [0.1, 0.15) is 0 Å². The van der Waals surface area contributed by atoms with E-state index in [9.17, 15) is 0 Å². The quantitative estimate of drug-likeness (QED) is 0.621. The second-order valence-corrected chi connectivity index (χ2v) is 5.63. The van der Waals surface area contributed by atoms with Crippen LogP contribution in [0.1, 0.15) is 33.6 Å². The molecule has 3 heteroatoms. The Kier molecular flexibility index (Phi) is 7.64. The van der Waals surface area contributed by atoms with E-state index in [-0.39, 0.29) is 12.6 Å². The summed E-state index contributed by atoms with van der Waals surface area (Å²) in [6.07, 6.45) is 3.88. The summed E-state index contributed by atoms with van der Waals surface area (Å²) in [7, 11) is 0. The minimum Gasteiger partial charge on any atom is -0.395 e. The minimum atomic E-state index is 0.197. The molecule has 0 fully saturated rings. The van der Waals surface area contributed by atoms with Gasteiger partial charge in [0, 0.05) is 25.7 Å². The predicted octanol–water partition coefficient (Wildman–Crippen LogP) is 1.62. The van der Waals surface area contributed by atoms with Crippen molar-refractivity contribution in [2.75, 3.05) is 26.2 Å². The van der Waals surface area contributed by atoms with E-state index in [1.54, 1.807) is 0 Å². The van der Waals surface area contributed by atoms with Gasteiger partial charge in [0.25, 0.3) is 0 Å². The second-order valence-electron chi connectivity index (χ2n) is 5.63. The van der Waals surface area contributed by atoms with E-state index in [1.807, 2.05) is 6.08 Å². The Bertz CT molecular complexity index is 187. The number of hydrogen-bond donors (Lipinski definition) is 2. The largest absolute Gasteiger partial charge is 0.395 e. The van der Waals surface area contributed by atoms with E-state index >= 15 is 0 Å². The van der Waals surface area contributed by atoms with Crippen LogP contribution in [-0.4, -0.2) is 42.3 Å². The number of rotatable bonds is 8. The van der Waals surface area contributed by atoms with E-state index in [0.29, 0.717) is 12.0 Å². The zero-order valence-electron chi connectivity index (χ0n) is 11.1. The van der Waals surface area contributed by atoms with Crippen molar-refractivity contribution in [3.8, 4) is 0 Å². The Morgan fingerprint density at radius 1 is 1.38 bits per heavy atom. The van der Waals surface area contributed by atoms with Gasteiger partial charge in [-0.1, -0.05) is 26.8 Å². The normalized spacial score (nSPS) is 14.1. The topological polar surface area (TPSA) is 49.5 Å². The summed E-state index contributed by atoms with van der Waals surface area (Å²) in [6.45, 7) is 13.0. The molecule has 1 atom stereocenters. The van der Waals surface area contributed by atoms with Crippen LogP contribution in [0.4, 0.5) is 0 Å². The van der Waals surface area contributed by atoms with Crippen LogP contribution in [0.2, 0.25) is 0 Å². The smallest absolute Gasteiger partial charge is 0.0558 e. The first-order valence-electron chi connectivity index (χ1n) is 6.08. The van der Waals surface area contributed by atoms with Gasteiger partial charge in [0.2, 0.25) is 0 Å². The van der Waals surface area contributed by atoms with Crippen molar-refractivity contribution in [2.45, 2.75) is 39.7 Å². The van der Waals surface area contributed by atoms with Gasteiger partial charge >= 0.3 is 0 Å². The fraction of sp³-hybridized carbons (Fsp3) is 0.846. The molecule has 0 aliphatic rings. The molecule has 96 valence electrons. The molecule has 0 amide bonds. The van der Waals surface area contributed by atoms with Crippen LogP contribution < -0.4 is 5.73 Å². The van der Waals surface area contributed by atoms with Crippen LogP contribution in [0.25, 0.3) is 0 Å². The first-order valence-corrected chi connectivity index (χ1v) is 6.08. The Hall–Kier alpha value is -0.380. The molecule has 16 heavy (non-hydrogen) atoms. The zero-order chi connectivity index (χ0) is 12.6. The number of aliphatic hydroxyl groups is 1. The summed E-state index contributed by atoms with van der Waals surface area (Å²) in [5, 5.41) is 8.91. The second kappa shape index (κ2) is 7.82. The Labute approximate surface area is 100 Å². The monoisotopic (exact) mass is 228 g/mol. The fourth-order valence-electron chi connectivity index (χ4n) is 1.86. The lowest BCUT2D eigenvalue weighted by Gasteiger charge is -2.26. The molecule has 0 saturated carbocycles. The molecule has 3 nitrogen and oxygen atoms in total. The summed E-state index contributed by atoms with van der Waals surface area (Å²) in [5.74, 6) is 0. The lowest BCUT2D eigenvalue weighted by Crippen LogP contribution is -2.34. The Morgan fingerprint density at radius 3 is 2.44 bits per heavy atom. The molecule has 0 aromatic carbocycles. The average Bonchev–Trinajstić information content (AvgIpc) is 2.12. The molecule has 3 N–H and O–H groups in total. The fourth-order valence-corrected chi connectivity index (χ4v) is 1.86. The third-order valence-corrected chi connectivity index (χ3v) is 2.49. The number of aliphatic hydroxyl groups excluding tert-OH is 1. The standard InChI is InChI=1S/C13H28N2O/c1-5-7-15(9-10-16)8-6-12(14)11-13(2,3)4/h5,12,16H,1,6-11,14H2,2-4H3. The predicted molar refractivity (Wildman–Crippen MR) is 70.4 cm³/mol. The van der Waals surface area contributed by atoms with Crippen molar-refractivity contribution in [3.05, 3.63) is 12.7 Å². The van der Waals surface area contributed by atoms with Crippen LogP contribution in [0.3, 0.4) is 0 Å². The zero-order valence-corrected chi connectivity index (χ0v) is 11.1. The van der Waals surface area contributed by atoms with Crippen LogP contribution in [0, 0.1) is 5.41 Å². The van der Waals surface area contributed by atoms with E-state index in [4.69, 9.17) is 10.8 Å². The molecule has 0 aliphatic heterocycles. The minimum absolute atomic E-state index is 0.197. The van der Waals surface area contributed by atoms with Crippen LogP contribution >= 0.6 is 0 Å². The summed E-state index contributed by atoms with van der Waals surface area (Å²) in [5.41, 5.74) is 6.38. The summed E-state index contributed by atoms with van der Waals surface area (Å²) in [6, 6.07) is 0.242. The van der Waals surface area contributed by atoms with E-state index in [0.717, 1.165) is 25.9 Å². The maximum absolute atomic E-state index is 8.91.